The third-order valence-electron chi connectivity index (χ3n) is 11.5. The summed E-state index contributed by atoms with van der Waals surface area (Å²) in [5.74, 6) is 0.187. The van der Waals surface area contributed by atoms with Crippen LogP contribution < -0.4 is 0 Å². The van der Waals surface area contributed by atoms with Gasteiger partial charge in [0.25, 0.3) is 0 Å². The van der Waals surface area contributed by atoms with Gasteiger partial charge >= 0.3 is 0 Å². The smallest absolute Gasteiger partial charge is 0.127 e. The fraction of sp³-hybridized carbons (Fsp3) is 0.833. The SMILES string of the molecule is C[C@H](CC=CC(C)(C)O)[C@H]1C[C@@H](O)[C@@]2(C)[C@@H]3[C@@H](O)C=C4[C@@H](CC[C@H](O)C4(C)C)[C@]3(C=O)CC[C@]12C. The van der Waals surface area contributed by atoms with E-state index in [-0.39, 0.29) is 23.2 Å². The van der Waals surface area contributed by atoms with Crippen LogP contribution in [0.5, 0.6) is 0 Å². The molecule has 0 aromatic heterocycles. The number of allylic oxidation sites excluding steroid dienone is 1. The Morgan fingerprint density at radius 3 is 2.34 bits per heavy atom. The van der Waals surface area contributed by atoms with E-state index in [1.54, 1.807) is 13.8 Å². The molecule has 0 spiro atoms. The van der Waals surface area contributed by atoms with Gasteiger partial charge < -0.3 is 25.2 Å². The first-order valence-electron chi connectivity index (χ1n) is 13.7. The van der Waals surface area contributed by atoms with Gasteiger partial charge in [-0.25, -0.2) is 0 Å². The van der Waals surface area contributed by atoms with E-state index in [1.165, 1.54) is 0 Å². The van der Waals surface area contributed by atoms with E-state index in [0.717, 1.165) is 31.1 Å². The van der Waals surface area contributed by atoms with Gasteiger partial charge in [-0.05, 0) is 75.5 Å². The van der Waals surface area contributed by atoms with Crippen LogP contribution in [0, 0.1) is 45.3 Å². The van der Waals surface area contributed by atoms with Gasteiger partial charge in [-0.15, -0.1) is 0 Å². The van der Waals surface area contributed by atoms with Gasteiger partial charge in [-0.2, -0.15) is 0 Å². The van der Waals surface area contributed by atoms with E-state index in [2.05, 4.69) is 26.8 Å². The van der Waals surface area contributed by atoms with Crippen molar-refractivity contribution in [3.8, 4) is 0 Å². The van der Waals surface area contributed by atoms with Crippen LogP contribution in [-0.2, 0) is 4.79 Å². The summed E-state index contributed by atoms with van der Waals surface area (Å²) < 4.78 is 0. The Morgan fingerprint density at radius 1 is 1.09 bits per heavy atom. The molecule has 3 saturated carbocycles. The first-order chi connectivity index (χ1) is 16.1. The molecule has 0 saturated heterocycles. The summed E-state index contributed by atoms with van der Waals surface area (Å²) in [7, 11) is 0. The highest BCUT2D eigenvalue weighted by Gasteiger charge is 2.73. The molecule has 0 heterocycles. The molecule has 10 atom stereocenters. The minimum atomic E-state index is -0.848. The number of aliphatic hydroxyl groups excluding tert-OH is 3. The van der Waals surface area contributed by atoms with Crippen molar-refractivity contribution in [2.24, 2.45) is 45.3 Å². The lowest BCUT2D eigenvalue weighted by molar-refractivity contribution is -0.201. The maximum Gasteiger partial charge on any atom is 0.127 e. The highest BCUT2D eigenvalue weighted by molar-refractivity contribution is 5.65. The van der Waals surface area contributed by atoms with Crippen LogP contribution >= 0.6 is 0 Å². The number of fused-ring (bicyclic) bond motifs is 5. The lowest BCUT2D eigenvalue weighted by Crippen LogP contribution is -2.66. The van der Waals surface area contributed by atoms with Crippen molar-refractivity contribution in [1.29, 1.82) is 0 Å². The molecule has 198 valence electrons. The van der Waals surface area contributed by atoms with Gasteiger partial charge in [0.15, 0.2) is 0 Å². The van der Waals surface area contributed by atoms with Gasteiger partial charge in [0.2, 0.25) is 0 Å². The molecule has 0 aliphatic heterocycles. The van der Waals surface area contributed by atoms with Crippen LogP contribution in [0.15, 0.2) is 23.8 Å². The van der Waals surface area contributed by atoms with E-state index in [1.807, 2.05) is 26.0 Å². The van der Waals surface area contributed by atoms with Gasteiger partial charge in [0.05, 0.1) is 23.9 Å². The number of hydrogen-bond donors (Lipinski definition) is 4. The maximum absolute atomic E-state index is 13.1. The van der Waals surface area contributed by atoms with Crippen LogP contribution in [-0.4, -0.2) is 50.6 Å². The molecular formula is C30H48O5. The Balaban J connectivity index is 1.75. The van der Waals surface area contributed by atoms with Gasteiger partial charge in [0.1, 0.15) is 6.29 Å². The average molecular weight is 489 g/mol. The zero-order chi connectivity index (χ0) is 26.2. The molecular weight excluding hydrogens is 440 g/mol. The van der Waals surface area contributed by atoms with Crippen molar-refractivity contribution in [3.63, 3.8) is 0 Å². The molecule has 4 aliphatic carbocycles. The van der Waals surface area contributed by atoms with Crippen molar-refractivity contribution in [2.75, 3.05) is 0 Å². The molecule has 3 fully saturated rings. The Morgan fingerprint density at radius 2 is 1.74 bits per heavy atom. The third-order valence-corrected chi connectivity index (χ3v) is 11.5. The second-order valence-electron chi connectivity index (χ2n) is 14.0. The van der Waals surface area contributed by atoms with Crippen molar-refractivity contribution < 1.29 is 25.2 Å². The first kappa shape index (κ1) is 27.0. The van der Waals surface area contributed by atoms with E-state index >= 15 is 0 Å². The molecule has 0 bridgehead atoms. The number of rotatable bonds is 5. The number of hydrogen-bond acceptors (Lipinski definition) is 5. The zero-order valence-electron chi connectivity index (χ0n) is 22.8. The van der Waals surface area contributed by atoms with Crippen molar-refractivity contribution in [1.82, 2.24) is 0 Å². The largest absolute Gasteiger partial charge is 0.393 e. The maximum atomic E-state index is 13.1. The first-order valence-corrected chi connectivity index (χ1v) is 13.7. The highest BCUT2D eigenvalue weighted by Crippen LogP contribution is 2.74. The van der Waals surface area contributed by atoms with Gasteiger partial charge in [-0.3, -0.25) is 0 Å². The second kappa shape index (κ2) is 8.51. The number of carbonyl (C=O) groups is 1. The molecule has 0 amide bonds. The lowest BCUT2D eigenvalue weighted by Gasteiger charge is -2.66. The minimum Gasteiger partial charge on any atom is -0.393 e. The van der Waals surface area contributed by atoms with Gasteiger partial charge in [0, 0.05) is 22.2 Å². The zero-order valence-corrected chi connectivity index (χ0v) is 22.8. The molecule has 0 radical (unpaired) electrons. The predicted molar refractivity (Wildman–Crippen MR) is 137 cm³/mol. The van der Waals surface area contributed by atoms with Gasteiger partial charge in [-0.1, -0.05) is 58.4 Å². The molecule has 0 unspecified atom stereocenters. The van der Waals surface area contributed by atoms with E-state index in [9.17, 15) is 25.2 Å². The Labute approximate surface area is 211 Å². The summed E-state index contributed by atoms with van der Waals surface area (Å²) in [6.07, 6.45) is 9.42. The van der Waals surface area contributed by atoms with Crippen LogP contribution in [0.2, 0.25) is 0 Å². The van der Waals surface area contributed by atoms with Crippen LogP contribution in [0.25, 0.3) is 0 Å². The third kappa shape index (κ3) is 3.74. The van der Waals surface area contributed by atoms with Crippen molar-refractivity contribution >= 4 is 6.29 Å². The summed E-state index contributed by atoms with van der Waals surface area (Å²) in [5, 5.41) is 44.2. The predicted octanol–water partition coefficient (Wildman–Crippen LogP) is 4.43. The fourth-order valence-corrected chi connectivity index (χ4v) is 9.26. The van der Waals surface area contributed by atoms with E-state index < -0.39 is 40.2 Å². The van der Waals surface area contributed by atoms with E-state index in [4.69, 9.17) is 0 Å². The number of aldehydes is 1. The molecule has 0 aromatic carbocycles. The van der Waals surface area contributed by atoms with Crippen molar-refractivity contribution in [3.05, 3.63) is 23.8 Å². The van der Waals surface area contributed by atoms with Crippen LogP contribution in [0.1, 0.15) is 87.0 Å². The summed E-state index contributed by atoms with van der Waals surface area (Å²) in [6.45, 7) is 14.2. The van der Waals surface area contributed by atoms with Crippen LogP contribution in [0.4, 0.5) is 0 Å². The lowest BCUT2D eigenvalue weighted by atomic mass is 9.38. The Kier molecular flexibility index (Phi) is 6.57. The summed E-state index contributed by atoms with van der Waals surface area (Å²) in [5.41, 5.74) is -1.86. The second-order valence-corrected chi connectivity index (χ2v) is 14.0. The highest BCUT2D eigenvalue weighted by atomic mass is 16.3. The van der Waals surface area contributed by atoms with Crippen LogP contribution in [0.3, 0.4) is 0 Å². The standard InChI is InChI=1S/C30H48O5/c1-18(9-8-12-26(2,3)35)20-16-24(34)29(7)25-22(32)15-21-19(10-11-23(33)27(21,4)5)30(25,17-31)14-13-28(20,29)6/h8,12,15,17-20,22-25,32-35H,9-11,13-14,16H2,1-7H3/t18-,19-,20-,22+,23+,24-,25+,28-,29+,30-/m1/s1. The summed E-state index contributed by atoms with van der Waals surface area (Å²) >= 11 is 0. The normalized spacial score (nSPS) is 48.0. The fourth-order valence-electron chi connectivity index (χ4n) is 9.26. The average Bonchev–Trinajstić information content (AvgIpc) is 2.96. The summed E-state index contributed by atoms with van der Waals surface area (Å²) in [6, 6.07) is 0. The van der Waals surface area contributed by atoms with Crippen molar-refractivity contribution in [2.45, 2.75) is 111 Å². The number of aliphatic hydroxyl groups is 4. The quantitative estimate of drug-likeness (QED) is 0.339. The summed E-state index contributed by atoms with van der Waals surface area (Å²) in [4.78, 5) is 13.1. The Bertz CT molecular complexity index is 899. The molecule has 35 heavy (non-hydrogen) atoms. The molecule has 4 N–H and O–H groups in total. The Hall–Kier alpha value is -1.01. The molecule has 5 heteroatoms. The number of carbonyl (C=O) groups excluding carboxylic acids is 1. The van der Waals surface area contributed by atoms with E-state index in [0.29, 0.717) is 25.2 Å². The molecule has 4 rings (SSSR count). The monoisotopic (exact) mass is 488 g/mol. The molecule has 5 nitrogen and oxygen atoms in total. The topological polar surface area (TPSA) is 98.0 Å². The molecule has 4 aliphatic rings. The molecule has 0 aromatic rings. The minimum absolute atomic E-state index is 0.00781.